The van der Waals surface area contributed by atoms with Gasteiger partial charge in [0, 0.05) is 28.8 Å². The summed E-state index contributed by atoms with van der Waals surface area (Å²) in [6.45, 7) is 0.787. The van der Waals surface area contributed by atoms with Crippen LogP contribution in [-0.2, 0) is 15.1 Å². The van der Waals surface area contributed by atoms with Crippen molar-refractivity contribution in [3.63, 3.8) is 0 Å². The molecule has 5 nitrogen and oxygen atoms in total. The highest BCUT2D eigenvalue weighted by atomic mass is 79.9. The van der Waals surface area contributed by atoms with Crippen molar-refractivity contribution in [2.45, 2.75) is 30.8 Å². The van der Waals surface area contributed by atoms with E-state index in [1.165, 1.54) is 12.1 Å². The summed E-state index contributed by atoms with van der Waals surface area (Å²) in [5.41, 5.74) is 0.848. The summed E-state index contributed by atoms with van der Waals surface area (Å²) in [6.07, 6.45) is 2.58. The van der Waals surface area contributed by atoms with Crippen LogP contribution in [0.1, 0.15) is 24.8 Å². The number of fused-ring (bicyclic) bond motifs is 4. The summed E-state index contributed by atoms with van der Waals surface area (Å²) >= 11 is 3.23. The topological polar surface area (TPSA) is 52.7 Å². The van der Waals surface area contributed by atoms with Gasteiger partial charge in [0.25, 0.3) is 5.91 Å². The predicted octanol–water partition coefficient (Wildman–Crippen LogP) is 3.88. The third kappa shape index (κ3) is 2.53. The number of nitrogens with one attached hydrogen (secondary N) is 1. The van der Waals surface area contributed by atoms with E-state index >= 15 is 0 Å². The van der Waals surface area contributed by atoms with Crippen LogP contribution in [0.5, 0.6) is 0 Å². The van der Waals surface area contributed by atoms with Crippen molar-refractivity contribution in [1.82, 2.24) is 4.90 Å². The second-order valence-corrected chi connectivity index (χ2v) is 8.95. The maximum atomic E-state index is 14.3. The zero-order chi connectivity index (χ0) is 20.3. The van der Waals surface area contributed by atoms with Gasteiger partial charge in [0.15, 0.2) is 0 Å². The highest BCUT2D eigenvalue weighted by Crippen LogP contribution is 2.56. The molecule has 1 N–H and O–H groups in total. The molecule has 0 aromatic heterocycles. The van der Waals surface area contributed by atoms with E-state index in [4.69, 9.17) is 0 Å². The Morgan fingerprint density at radius 2 is 2.07 bits per heavy atom. The van der Waals surface area contributed by atoms with Gasteiger partial charge in [-0.15, -0.1) is 0 Å². The maximum Gasteiger partial charge on any atom is 0.252 e. The first-order valence-electron chi connectivity index (χ1n) is 9.85. The van der Waals surface area contributed by atoms with Crippen LogP contribution in [0.25, 0.3) is 0 Å². The predicted molar refractivity (Wildman–Crippen MR) is 112 cm³/mol. The largest absolute Gasteiger partial charge is 0.323 e. The fourth-order valence-corrected chi connectivity index (χ4v) is 5.81. The van der Waals surface area contributed by atoms with E-state index in [1.807, 2.05) is 24.3 Å². The molecule has 2 aromatic rings. The molecule has 5 rings (SSSR count). The lowest BCUT2D eigenvalue weighted by Gasteiger charge is -2.37. The van der Waals surface area contributed by atoms with Gasteiger partial charge >= 0.3 is 0 Å². The zero-order valence-electron chi connectivity index (χ0n) is 16.0. The number of halogens is 2. The summed E-state index contributed by atoms with van der Waals surface area (Å²) in [7, 11) is 1.77. The minimum atomic E-state index is -1.01. The smallest absolute Gasteiger partial charge is 0.252 e. The van der Waals surface area contributed by atoms with Crippen molar-refractivity contribution >= 4 is 39.1 Å². The van der Waals surface area contributed by atoms with Crippen LogP contribution in [0.3, 0.4) is 0 Å². The average Bonchev–Trinajstić information content (AvgIpc) is 3.34. The zero-order valence-corrected chi connectivity index (χ0v) is 17.6. The Morgan fingerprint density at radius 1 is 1.28 bits per heavy atom. The molecular formula is C22H21BrFN3O2. The third-order valence-corrected chi connectivity index (χ3v) is 7.15. The molecule has 0 radical (unpaired) electrons. The van der Waals surface area contributed by atoms with Gasteiger partial charge in [-0.25, -0.2) is 4.39 Å². The van der Waals surface area contributed by atoms with Crippen molar-refractivity contribution in [1.29, 1.82) is 0 Å². The number of anilines is 2. The van der Waals surface area contributed by atoms with Crippen LogP contribution in [0.15, 0.2) is 46.9 Å². The molecule has 0 aliphatic carbocycles. The first-order chi connectivity index (χ1) is 13.9. The van der Waals surface area contributed by atoms with Crippen LogP contribution < -0.4 is 10.2 Å². The van der Waals surface area contributed by atoms with Crippen molar-refractivity contribution in [3.8, 4) is 0 Å². The van der Waals surface area contributed by atoms with Crippen LogP contribution in [-0.4, -0.2) is 36.3 Å². The number of hydrogen-bond donors (Lipinski definition) is 1. The number of nitrogens with zero attached hydrogens (tertiary/aromatic N) is 2. The molecule has 3 atom stereocenters. The molecule has 150 valence electrons. The van der Waals surface area contributed by atoms with Crippen molar-refractivity contribution in [3.05, 3.63) is 58.3 Å². The molecule has 2 saturated heterocycles. The van der Waals surface area contributed by atoms with E-state index in [1.54, 1.807) is 18.0 Å². The van der Waals surface area contributed by atoms with E-state index in [0.29, 0.717) is 10.9 Å². The van der Waals surface area contributed by atoms with E-state index in [2.05, 4.69) is 26.1 Å². The fourth-order valence-electron chi connectivity index (χ4n) is 5.48. The number of amides is 2. The Labute approximate surface area is 177 Å². The van der Waals surface area contributed by atoms with E-state index in [0.717, 1.165) is 30.6 Å². The molecule has 1 spiro atoms. The molecule has 3 aliphatic rings. The third-order valence-electron chi connectivity index (χ3n) is 6.65. The minimum absolute atomic E-state index is 0.0699. The Hall–Kier alpha value is -2.25. The molecule has 3 aliphatic heterocycles. The van der Waals surface area contributed by atoms with Crippen molar-refractivity contribution < 1.29 is 14.0 Å². The highest BCUT2D eigenvalue weighted by Gasteiger charge is 2.66. The molecule has 2 aromatic carbocycles. The molecule has 2 amide bonds. The normalized spacial score (nSPS) is 28.1. The first kappa shape index (κ1) is 18.8. The van der Waals surface area contributed by atoms with Gasteiger partial charge in [0.05, 0.1) is 11.6 Å². The lowest BCUT2D eigenvalue weighted by atomic mass is 9.78. The Morgan fingerprint density at radius 3 is 2.86 bits per heavy atom. The Bertz CT molecular complexity index is 1030. The average molecular weight is 458 g/mol. The molecular weight excluding hydrogens is 437 g/mol. The SMILES string of the molecule is CN1C(=O)C2(c3ccccc31)C(C(=O)Nc1ccc(Br)cc1F)CC1CCCN12. The standard InChI is InChI=1S/C22H21BrFN3O2/c1-26-19-7-3-2-6-15(19)22(21(26)29)16(12-14-5-4-10-27(14)22)20(28)25-18-9-8-13(23)11-17(18)24/h2-3,6-9,11,14,16H,4-5,10,12H2,1H3,(H,25,28). The Kier molecular flexibility index (Phi) is 4.29. The number of likely N-dealkylation sites (N-methyl/N-ethyl adjacent to an activating group) is 1. The summed E-state index contributed by atoms with van der Waals surface area (Å²) in [6, 6.07) is 12.4. The molecule has 7 heteroatoms. The maximum absolute atomic E-state index is 14.3. The summed E-state index contributed by atoms with van der Waals surface area (Å²) < 4.78 is 14.9. The second-order valence-electron chi connectivity index (χ2n) is 8.04. The van der Waals surface area contributed by atoms with Crippen molar-refractivity contribution in [2.24, 2.45) is 5.92 Å². The van der Waals surface area contributed by atoms with E-state index < -0.39 is 17.3 Å². The quantitative estimate of drug-likeness (QED) is 0.744. The van der Waals surface area contributed by atoms with E-state index in [-0.39, 0.29) is 23.5 Å². The molecule has 3 heterocycles. The lowest BCUT2D eigenvalue weighted by molar-refractivity contribution is -0.136. The van der Waals surface area contributed by atoms with Crippen LogP contribution in [0, 0.1) is 11.7 Å². The number of para-hydroxylation sites is 1. The highest BCUT2D eigenvalue weighted by molar-refractivity contribution is 9.10. The van der Waals surface area contributed by atoms with E-state index in [9.17, 15) is 14.0 Å². The van der Waals surface area contributed by atoms with Crippen LogP contribution >= 0.6 is 15.9 Å². The molecule has 0 bridgehead atoms. The van der Waals surface area contributed by atoms with Gasteiger partial charge in [-0.2, -0.15) is 0 Å². The van der Waals surface area contributed by atoms with Gasteiger partial charge in [-0.05, 0) is 50.1 Å². The van der Waals surface area contributed by atoms with Gasteiger partial charge in [0.2, 0.25) is 5.91 Å². The molecule has 3 unspecified atom stereocenters. The summed E-state index contributed by atoms with van der Waals surface area (Å²) in [5, 5.41) is 2.75. The van der Waals surface area contributed by atoms with Crippen molar-refractivity contribution in [2.75, 3.05) is 23.8 Å². The number of hydrogen-bond acceptors (Lipinski definition) is 3. The van der Waals surface area contributed by atoms with Crippen LogP contribution in [0.4, 0.5) is 15.8 Å². The molecule has 0 saturated carbocycles. The Balaban J connectivity index is 1.59. The van der Waals surface area contributed by atoms with Crippen LogP contribution in [0.2, 0.25) is 0 Å². The number of carbonyl (C=O) groups excluding carboxylic acids is 2. The van der Waals surface area contributed by atoms with Gasteiger partial charge < -0.3 is 10.2 Å². The number of benzene rings is 2. The summed E-state index contributed by atoms with van der Waals surface area (Å²) in [4.78, 5) is 30.9. The van der Waals surface area contributed by atoms with Gasteiger partial charge in [0.1, 0.15) is 11.4 Å². The van der Waals surface area contributed by atoms with Gasteiger partial charge in [-0.1, -0.05) is 34.1 Å². The molecule has 29 heavy (non-hydrogen) atoms. The monoisotopic (exact) mass is 457 g/mol. The number of rotatable bonds is 2. The van der Waals surface area contributed by atoms with Gasteiger partial charge in [-0.3, -0.25) is 14.5 Å². The second kappa shape index (κ2) is 6.64. The first-order valence-corrected chi connectivity index (χ1v) is 10.6. The minimum Gasteiger partial charge on any atom is -0.323 e. The summed E-state index contributed by atoms with van der Waals surface area (Å²) in [5.74, 6) is -1.46. The number of carbonyl (C=O) groups is 2. The molecule has 2 fully saturated rings. The lowest BCUT2D eigenvalue weighted by Crippen LogP contribution is -2.55. The fraction of sp³-hybridized carbons (Fsp3) is 0.364.